The number of carbonyl (C=O) groups excluding carboxylic acids is 2. The molecule has 0 aliphatic rings. The highest BCUT2D eigenvalue weighted by atomic mass is 16.6. The molecule has 0 bridgehead atoms. The van der Waals surface area contributed by atoms with Crippen LogP contribution in [0.25, 0.3) is 0 Å². The molecule has 0 radical (unpaired) electrons. The van der Waals surface area contributed by atoms with E-state index in [2.05, 4.69) is 0 Å². The molecule has 3 heteroatoms. The molecular formula is C32H30O3. The van der Waals surface area contributed by atoms with Crippen LogP contribution in [0.15, 0.2) is 121 Å². The largest absolute Gasteiger partial charge is 0.391 e. The van der Waals surface area contributed by atoms with Gasteiger partial charge in [0.05, 0.1) is 0 Å². The topological polar surface area (TPSA) is 43.4 Å². The molecule has 35 heavy (non-hydrogen) atoms. The molecule has 0 aliphatic heterocycles. The average molecular weight is 463 g/mol. The third-order valence-electron chi connectivity index (χ3n) is 7.01. The van der Waals surface area contributed by atoms with Gasteiger partial charge in [0.2, 0.25) is 0 Å². The lowest BCUT2D eigenvalue weighted by Gasteiger charge is -2.35. The fraction of sp³-hybridized carbons (Fsp3) is 0.188. The Morgan fingerprint density at radius 3 is 0.914 bits per heavy atom. The van der Waals surface area contributed by atoms with Gasteiger partial charge in [0, 0.05) is 0 Å². The summed E-state index contributed by atoms with van der Waals surface area (Å²) in [7, 11) is 0. The number of carbonyl (C=O) groups is 2. The molecule has 4 aromatic carbocycles. The molecule has 4 rings (SSSR count). The number of ether oxygens (including phenoxy) is 1. The van der Waals surface area contributed by atoms with Gasteiger partial charge >= 0.3 is 11.9 Å². The van der Waals surface area contributed by atoms with Crippen LogP contribution in [0.4, 0.5) is 0 Å². The molecule has 0 unspecified atom stereocenters. The molecule has 0 heterocycles. The van der Waals surface area contributed by atoms with Crippen molar-refractivity contribution in [1.82, 2.24) is 0 Å². The lowest BCUT2D eigenvalue weighted by molar-refractivity contribution is -0.166. The lowest BCUT2D eigenvalue weighted by Crippen LogP contribution is -2.45. The van der Waals surface area contributed by atoms with E-state index in [1.807, 2.05) is 135 Å². The molecule has 0 saturated heterocycles. The summed E-state index contributed by atoms with van der Waals surface area (Å²) in [5, 5.41) is 0. The first-order valence-electron chi connectivity index (χ1n) is 12.1. The first-order valence-corrected chi connectivity index (χ1v) is 12.1. The molecule has 4 aromatic rings. The monoisotopic (exact) mass is 462 g/mol. The van der Waals surface area contributed by atoms with Crippen LogP contribution in [0.1, 0.15) is 48.9 Å². The zero-order chi connectivity index (χ0) is 24.7. The zero-order valence-corrected chi connectivity index (χ0v) is 20.2. The molecule has 0 aromatic heterocycles. The fourth-order valence-electron chi connectivity index (χ4n) is 5.06. The molecule has 0 fully saturated rings. The Morgan fingerprint density at radius 2 is 0.714 bits per heavy atom. The van der Waals surface area contributed by atoms with Crippen LogP contribution in [-0.4, -0.2) is 11.9 Å². The summed E-state index contributed by atoms with van der Waals surface area (Å²) in [6, 6.07) is 38.3. The molecule has 0 atom stereocenters. The molecule has 3 nitrogen and oxygen atoms in total. The van der Waals surface area contributed by atoms with Crippen LogP contribution in [0.3, 0.4) is 0 Å². The van der Waals surface area contributed by atoms with Crippen molar-refractivity contribution in [3.63, 3.8) is 0 Å². The van der Waals surface area contributed by atoms with Crippen molar-refractivity contribution >= 4 is 11.9 Å². The Morgan fingerprint density at radius 1 is 0.486 bits per heavy atom. The minimum absolute atomic E-state index is 0.447. The van der Waals surface area contributed by atoms with Crippen LogP contribution >= 0.6 is 0 Å². The number of benzene rings is 4. The van der Waals surface area contributed by atoms with Gasteiger partial charge in [-0.25, -0.2) is 0 Å². The van der Waals surface area contributed by atoms with Crippen LogP contribution in [0.5, 0.6) is 0 Å². The van der Waals surface area contributed by atoms with Crippen molar-refractivity contribution in [1.29, 1.82) is 0 Å². The smallest absolute Gasteiger partial charge is 0.328 e. The Kier molecular flexibility index (Phi) is 7.26. The van der Waals surface area contributed by atoms with Crippen LogP contribution < -0.4 is 0 Å². The predicted molar refractivity (Wildman–Crippen MR) is 139 cm³/mol. The number of hydrogen-bond donors (Lipinski definition) is 0. The third kappa shape index (κ3) is 4.30. The molecule has 0 spiro atoms. The van der Waals surface area contributed by atoms with E-state index in [1.165, 1.54) is 0 Å². The Labute approximate surface area is 207 Å². The van der Waals surface area contributed by atoms with Gasteiger partial charge in [-0.1, -0.05) is 135 Å². The van der Waals surface area contributed by atoms with Crippen molar-refractivity contribution in [2.75, 3.05) is 0 Å². The molecule has 0 aliphatic carbocycles. The minimum atomic E-state index is -1.11. The second-order valence-corrected chi connectivity index (χ2v) is 8.66. The van der Waals surface area contributed by atoms with Gasteiger partial charge in [0.15, 0.2) is 0 Å². The fourth-order valence-corrected chi connectivity index (χ4v) is 5.06. The summed E-state index contributed by atoms with van der Waals surface area (Å²) >= 11 is 0. The van der Waals surface area contributed by atoms with E-state index in [0.717, 1.165) is 22.3 Å². The highest BCUT2D eigenvalue weighted by Crippen LogP contribution is 2.41. The predicted octanol–water partition coefficient (Wildman–Crippen LogP) is 6.85. The molecule has 0 amide bonds. The van der Waals surface area contributed by atoms with E-state index in [-0.39, 0.29) is 0 Å². The summed E-state index contributed by atoms with van der Waals surface area (Å²) in [5.41, 5.74) is 0.984. The van der Waals surface area contributed by atoms with Crippen LogP contribution in [0.2, 0.25) is 0 Å². The van der Waals surface area contributed by atoms with E-state index in [1.54, 1.807) is 0 Å². The van der Waals surface area contributed by atoms with Gasteiger partial charge in [-0.05, 0) is 35.1 Å². The first-order chi connectivity index (χ1) is 17.1. The van der Waals surface area contributed by atoms with Crippen molar-refractivity contribution in [3.8, 4) is 0 Å². The van der Waals surface area contributed by atoms with E-state index in [9.17, 15) is 9.59 Å². The van der Waals surface area contributed by atoms with Gasteiger partial charge < -0.3 is 4.74 Å². The second kappa shape index (κ2) is 10.5. The first kappa shape index (κ1) is 24.2. The van der Waals surface area contributed by atoms with Crippen molar-refractivity contribution in [3.05, 3.63) is 144 Å². The second-order valence-electron chi connectivity index (χ2n) is 8.66. The van der Waals surface area contributed by atoms with Crippen LogP contribution in [-0.2, 0) is 25.2 Å². The molecular weight excluding hydrogens is 432 g/mol. The Hall–Kier alpha value is -3.98. The highest BCUT2D eigenvalue weighted by Gasteiger charge is 2.48. The summed E-state index contributed by atoms with van der Waals surface area (Å²) in [5.74, 6) is -1.13. The maximum absolute atomic E-state index is 14.1. The van der Waals surface area contributed by atoms with Gasteiger partial charge in [-0.3, -0.25) is 9.59 Å². The van der Waals surface area contributed by atoms with Gasteiger partial charge in [-0.15, -0.1) is 0 Å². The van der Waals surface area contributed by atoms with Crippen molar-refractivity contribution in [2.24, 2.45) is 0 Å². The molecule has 0 saturated carbocycles. The van der Waals surface area contributed by atoms with E-state index in [4.69, 9.17) is 4.74 Å². The van der Waals surface area contributed by atoms with Gasteiger partial charge in [0.1, 0.15) is 10.8 Å². The standard InChI is InChI=1S/C32H30O3/c1-3-31(25-17-9-5-10-18-25,26-19-11-6-12-20-26)29(33)35-30(34)32(4-2,27-21-13-7-14-22-27)28-23-15-8-16-24-28/h5-24H,3-4H2,1-2H3. The SMILES string of the molecule is CCC(C(=O)OC(=O)C(CC)(c1ccccc1)c1ccccc1)(c1ccccc1)c1ccccc1. The summed E-state index contributed by atoms with van der Waals surface area (Å²) in [6.45, 7) is 3.90. The maximum atomic E-state index is 14.1. The summed E-state index contributed by atoms with van der Waals surface area (Å²) in [4.78, 5) is 28.2. The minimum Gasteiger partial charge on any atom is -0.391 e. The van der Waals surface area contributed by atoms with E-state index >= 15 is 0 Å². The van der Waals surface area contributed by atoms with E-state index in [0.29, 0.717) is 12.8 Å². The number of esters is 2. The lowest BCUT2D eigenvalue weighted by atomic mass is 9.71. The van der Waals surface area contributed by atoms with Crippen molar-refractivity contribution < 1.29 is 14.3 Å². The zero-order valence-electron chi connectivity index (χ0n) is 20.2. The average Bonchev–Trinajstić information content (AvgIpc) is 2.93. The van der Waals surface area contributed by atoms with Gasteiger partial charge in [0.25, 0.3) is 0 Å². The summed E-state index contributed by atoms with van der Waals surface area (Å²) in [6.07, 6.45) is 0.895. The number of rotatable bonds is 8. The van der Waals surface area contributed by atoms with E-state index < -0.39 is 22.8 Å². The maximum Gasteiger partial charge on any atom is 0.328 e. The van der Waals surface area contributed by atoms with Crippen LogP contribution in [0, 0.1) is 0 Å². The summed E-state index contributed by atoms with van der Waals surface area (Å²) < 4.78 is 5.90. The number of hydrogen-bond acceptors (Lipinski definition) is 3. The molecule has 0 N–H and O–H groups in total. The Bertz CT molecular complexity index is 1070. The van der Waals surface area contributed by atoms with Crippen molar-refractivity contribution in [2.45, 2.75) is 37.5 Å². The highest BCUT2D eigenvalue weighted by molar-refractivity contribution is 6.00. The third-order valence-corrected chi connectivity index (χ3v) is 7.01. The normalized spacial score (nSPS) is 11.6. The van der Waals surface area contributed by atoms with Gasteiger partial charge in [-0.2, -0.15) is 0 Å². The molecule has 176 valence electrons. The quantitative estimate of drug-likeness (QED) is 0.212. The Balaban J connectivity index is 1.83.